The number of rotatable bonds is 6. The van der Waals surface area contributed by atoms with Crippen LogP contribution in [-0.2, 0) is 11.3 Å². The van der Waals surface area contributed by atoms with E-state index in [0.717, 1.165) is 4.88 Å². The summed E-state index contributed by atoms with van der Waals surface area (Å²) in [5.41, 5.74) is 0.468. The number of carbonyl (C=O) groups excluding carboxylic acids is 1. The maximum Gasteiger partial charge on any atom is 0.272 e. The summed E-state index contributed by atoms with van der Waals surface area (Å²) in [5.74, 6) is -0.0638. The predicted molar refractivity (Wildman–Crippen MR) is 75.2 cm³/mol. The molecule has 0 spiro atoms. The molecule has 0 bridgehead atoms. The number of pyridine rings is 1. The van der Waals surface area contributed by atoms with Crippen LogP contribution in [0.15, 0.2) is 41.9 Å². The number of hydrogen-bond donors (Lipinski definition) is 0. The van der Waals surface area contributed by atoms with E-state index < -0.39 is 0 Å². The van der Waals surface area contributed by atoms with Crippen LogP contribution < -0.4 is 0 Å². The van der Waals surface area contributed by atoms with Crippen LogP contribution in [0.25, 0.3) is 0 Å². The highest BCUT2D eigenvalue weighted by Crippen LogP contribution is 2.13. The first-order chi connectivity index (χ1) is 9.31. The molecule has 0 saturated carbocycles. The maximum absolute atomic E-state index is 12.4. The van der Waals surface area contributed by atoms with Crippen LogP contribution in [0.1, 0.15) is 15.4 Å². The van der Waals surface area contributed by atoms with Gasteiger partial charge in [0.05, 0.1) is 13.2 Å². The van der Waals surface area contributed by atoms with Crippen molar-refractivity contribution in [3.63, 3.8) is 0 Å². The Hall–Kier alpha value is -1.72. The van der Waals surface area contributed by atoms with Crippen LogP contribution in [0, 0.1) is 0 Å². The van der Waals surface area contributed by atoms with Crippen molar-refractivity contribution in [3.8, 4) is 0 Å². The molecule has 0 N–H and O–H groups in total. The van der Waals surface area contributed by atoms with E-state index in [0.29, 0.717) is 25.4 Å². The van der Waals surface area contributed by atoms with E-state index in [1.54, 1.807) is 41.7 Å². The Kier molecular flexibility index (Phi) is 5.06. The van der Waals surface area contributed by atoms with E-state index in [2.05, 4.69) is 4.98 Å². The van der Waals surface area contributed by atoms with Crippen molar-refractivity contribution in [3.05, 3.63) is 52.5 Å². The second-order valence-electron chi connectivity index (χ2n) is 4.01. The number of amides is 1. The second kappa shape index (κ2) is 7.01. The summed E-state index contributed by atoms with van der Waals surface area (Å²) in [6.07, 6.45) is 1.63. The van der Waals surface area contributed by atoms with E-state index in [1.165, 1.54) is 0 Å². The van der Waals surface area contributed by atoms with Gasteiger partial charge in [0, 0.05) is 24.7 Å². The summed E-state index contributed by atoms with van der Waals surface area (Å²) >= 11 is 1.64. The SMILES string of the molecule is COCCN(Cc1cccs1)C(=O)c1ccccn1. The molecule has 0 aliphatic heterocycles. The molecule has 19 heavy (non-hydrogen) atoms. The van der Waals surface area contributed by atoms with E-state index in [1.807, 2.05) is 23.6 Å². The average Bonchev–Trinajstić information content (AvgIpc) is 2.96. The molecular weight excluding hydrogens is 260 g/mol. The van der Waals surface area contributed by atoms with Crippen molar-refractivity contribution in [2.75, 3.05) is 20.3 Å². The molecule has 2 aromatic rings. The highest BCUT2D eigenvalue weighted by molar-refractivity contribution is 7.09. The fourth-order valence-corrected chi connectivity index (χ4v) is 2.42. The first-order valence-electron chi connectivity index (χ1n) is 6.03. The molecular formula is C14H16N2O2S. The minimum absolute atomic E-state index is 0.0638. The van der Waals surface area contributed by atoms with Gasteiger partial charge in [0.1, 0.15) is 5.69 Å². The molecule has 0 radical (unpaired) electrons. The smallest absolute Gasteiger partial charge is 0.272 e. The van der Waals surface area contributed by atoms with Gasteiger partial charge in [0.2, 0.25) is 0 Å². The Balaban J connectivity index is 2.10. The van der Waals surface area contributed by atoms with Crippen LogP contribution in [0.2, 0.25) is 0 Å². The van der Waals surface area contributed by atoms with Gasteiger partial charge in [-0.15, -0.1) is 11.3 Å². The van der Waals surface area contributed by atoms with Crippen LogP contribution >= 0.6 is 11.3 Å². The molecule has 2 rings (SSSR count). The van der Waals surface area contributed by atoms with Crippen molar-refractivity contribution in [2.24, 2.45) is 0 Å². The molecule has 0 fully saturated rings. The number of carbonyl (C=O) groups is 1. The van der Waals surface area contributed by atoms with Gasteiger partial charge in [0.15, 0.2) is 0 Å². The van der Waals surface area contributed by atoms with Gasteiger partial charge in [-0.1, -0.05) is 12.1 Å². The largest absolute Gasteiger partial charge is 0.383 e. The van der Waals surface area contributed by atoms with E-state index in [-0.39, 0.29) is 5.91 Å². The molecule has 1 amide bonds. The lowest BCUT2D eigenvalue weighted by Crippen LogP contribution is -2.33. The third-order valence-electron chi connectivity index (χ3n) is 2.66. The molecule has 100 valence electrons. The summed E-state index contributed by atoms with van der Waals surface area (Å²) in [5, 5.41) is 2.01. The number of methoxy groups -OCH3 is 1. The van der Waals surface area contributed by atoms with Gasteiger partial charge in [-0.2, -0.15) is 0 Å². The molecule has 0 atom stereocenters. The van der Waals surface area contributed by atoms with Gasteiger partial charge in [-0.3, -0.25) is 9.78 Å². The van der Waals surface area contributed by atoms with Crippen LogP contribution in [0.3, 0.4) is 0 Å². The Morgan fingerprint density at radius 3 is 2.89 bits per heavy atom. The Morgan fingerprint density at radius 1 is 1.37 bits per heavy atom. The minimum Gasteiger partial charge on any atom is -0.383 e. The molecule has 4 nitrogen and oxygen atoms in total. The van der Waals surface area contributed by atoms with E-state index in [4.69, 9.17) is 4.74 Å². The van der Waals surface area contributed by atoms with Crippen LogP contribution in [0.5, 0.6) is 0 Å². The molecule has 0 saturated heterocycles. The van der Waals surface area contributed by atoms with Gasteiger partial charge < -0.3 is 9.64 Å². The fraction of sp³-hybridized carbons (Fsp3) is 0.286. The Labute approximate surface area is 116 Å². The van der Waals surface area contributed by atoms with Crippen LogP contribution in [0.4, 0.5) is 0 Å². The lowest BCUT2D eigenvalue weighted by Gasteiger charge is -2.21. The highest BCUT2D eigenvalue weighted by Gasteiger charge is 2.17. The monoisotopic (exact) mass is 276 g/mol. The molecule has 2 heterocycles. The number of nitrogens with zero attached hydrogens (tertiary/aromatic N) is 2. The van der Waals surface area contributed by atoms with Crippen molar-refractivity contribution in [1.29, 1.82) is 0 Å². The zero-order valence-electron chi connectivity index (χ0n) is 10.8. The number of hydrogen-bond acceptors (Lipinski definition) is 4. The molecule has 2 aromatic heterocycles. The summed E-state index contributed by atoms with van der Waals surface area (Å²) in [6.45, 7) is 1.67. The third kappa shape index (κ3) is 3.87. The van der Waals surface area contributed by atoms with Crippen molar-refractivity contribution >= 4 is 17.2 Å². The lowest BCUT2D eigenvalue weighted by atomic mass is 10.3. The molecule has 5 heteroatoms. The Bertz CT molecular complexity index is 499. The first-order valence-corrected chi connectivity index (χ1v) is 6.91. The van der Waals surface area contributed by atoms with Gasteiger partial charge in [-0.05, 0) is 23.6 Å². The van der Waals surface area contributed by atoms with Gasteiger partial charge in [-0.25, -0.2) is 0 Å². The van der Waals surface area contributed by atoms with Crippen molar-refractivity contribution < 1.29 is 9.53 Å². The molecule has 0 aliphatic carbocycles. The highest BCUT2D eigenvalue weighted by atomic mass is 32.1. The molecule has 0 aliphatic rings. The standard InChI is InChI=1S/C14H16N2O2S/c1-18-9-8-16(11-12-5-4-10-19-12)14(17)13-6-2-3-7-15-13/h2-7,10H,8-9,11H2,1H3. The zero-order chi connectivity index (χ0) is 13.5. The lowest BCUT2D eigenvalue weighted by molar-refractivity contribution is 0.0676. The number of thiophene rings is 1. The van der Waals surface area contributed by atoms with E-state index >= 15 is 0 Å². The summed E-state index contributed by atoms with van der Waals surface area (Å²) in [6, 6.07) is 9.36. The number of ether oxygens (including phenoxy) is 1. The predicted octanol–water partition coefficient (Wildman–Crippen LogP) is 2.43. The minimum atomic E-state index is -0.0638. The van der Waals surface area contributed by atoms with Crippen LogP contribution in [-0.4, -0.2) is 36.1 Å². The van der Waals surface area contributed by atoms with E-state index in [9.17, 15) is 4.79 Å². The number of aromatic nitrogens is 1. The Morgan fingerprint density at radius 2 is 2.26 bits per heavy atom. The first kappa shape index (κ1) is 13.7. The normalized spacial score (nSPS) is 10.4. The topological polar surface area (TPSA) is 42.4 Å². The fourth-order valence-electron chi connectivity index (χ4n) is 1.70. The summed E-state index contributed by atoms with van der Waals surface area (Å²) in [7, 11) is 1.63. The second-order valence-corrected chi connectivity index (χ2v) is 5.05. The summed E-state index contributed by atoms with van der Waals surface area (Å²) in [4.78, 5) is 19.4. The third-order valence-corrected chi connectivity index (χ3v) is 3.52. The molecule has 0 unspecified atom stereocenters. The average molecular weight is 276 g/mol. The quantitative estimate of drug-likeness (QED) is 0.814. The maximum atomic E-state index is 12.4. The van der Waals surface area contributed by atoms with Gasteiger partial charge >= 0.3 is 0 Å². The molecule has 0 aromatic carbocycles. The van der Waals surface area contributed by atoms with Gasteiger partial charge in [0.25, 0.3) is 5.91 Å². The summed E-state index contributed by atoms with van der Waals surface area (Å²) < 4.78 is 5.07. The van der Waals surface area contributed by atoms with Crippen molar-refractivity contribution in [2.45, 2.75) is 6.54 Å². The zero-order valence-corrected chi connectivity index (χ0v) is 11.6. The van der Waals surface area contributed by atoms with Crippen molar-refractivity contribution in [1.82, 2.24) is 9.88 Å².